The summed E-state index contributed by atoms with van der Waals surface area (Å²) in [5, 5.41) is 1.99. The van der Waals surface area contributed by atoms with Gasteiger partial charge in [0, 0.05) is 12.1 Å². The summed E-state index contributed by atoms with van der Waals surface area (Å²) in [5.41, 5.74) is 0.391. The Morgan fingerprint density at radius 1 is 1.00 bits per heavy atom. The Kier molecular flexibility index (Phi) is 7.20. The van der Waals surface area contributed by atoms with E-state index in [-0.39, 0.29) is 24.6 Å². The minimum absolute atomic E-state index is 0.0124. The van der Waals surface area contributed by atoms with E-state index in [1.165, 1.54) is 29.2 Å². The standard InChI is InChI=1S/C25H19F4N3O2S/c26-18-11-9-16(10-12-18)15-32-23(34)21(35-24(32)31-19-6-2-1-3-7-19)14-22(33)30-20-8-4-5-17(13-20)25(27,28)29/h1-13,21H,14-15H2,(H,30,33)/t21-/m1/s1. The van der Waals surface area contributed by atoms with Crippen LogP contribution in [0.2, 0.25) is 0 Å². The Balaban J connectivity index is 1.52. The summed E-state index contributed by atoms with van der Waals surface area (Å²) < 4.78 is 52.2. The summed E-state index contributed by atoms with van der Waals surface area (Å²) in [6.45, 7) is 0.128. The third-order valence-corrected chi connectivity index (χ3v) is 6.27. The normalized spacial score (nSPS) is 17.1. The average Bonchev–Trinajstić information content (AvgIpc) is 3.09. The number of alkyl halides is 3. The summed E-state index contributed by atoms with van der Waals surface area (Å²) in [5.74, 6) is -1.37. The summed E-state index contributed by atoms with van der Waals surface area (Å²) in [6.07, 6.45) is -4.80. The van der Waals surface area contributed by atoms with Crippen molar-refractivity contribution < 1.29 is 27.2 Å². The zero-order chi connectivity index (χ0) is 25.0. The molecule has 0 aliphatic carbocycles. The molecule has 0 bridgehead atoms. The van der Waals surface area contributed by atoms with Crippen molar-refractivity contribution in [3.05, 3.63) is 95.8 Å². The number of anilines is 1. The van der Waals surface area contributed by atoms with Crippen LogP contribution in [0.3, 0.4) is 0 Å². The molecule has 5 nitrogen and oxygen atoms in total. The van der Waals surface area contributed by atoms with Crippen molar-refractivity contribution in [2.24, 2.45) is 4.99 Å². The molecule has 1 atom stereocenters. The van der Waals surface area contributed by atoms with Gasteiger partial charge in [-0.15, -0.1) is 0 Å². The number of aliphatic imine (C=N–C) groups is 1. The molecule has 0 aromatic heterocycles. The first-order chi connectivity index (χ1) is 16.7. The van der Waals surface area contributed by atoms with Gasteiger partial charge in [0.2, 0.25) is 11.8 Å². The number of carbonyl (C=O) groups is 2. The highest BCUT2D eigenvalue weighted by molar-refractivity contribution is 8.15. The van der Waals surface area contributed by atoms with E-state index in [0.717, 1.165) is 23.9 Å². The quantitative estimate of drug-likeness (QED) is 0.421. The van der Waals surface area contributed by atoms with Gasteiger partial charge < -0.3 is 5.32 Å². The van der Waals surface area contributed by atoms with Gasteiger partial charge in [-0.3, -0.25) is 14.5 Å². The van der Waals surface area contributed by atoms with Crippen LogP contribution in [0.4, 0.5) is 28.9 Å². The number of nitrogens with zero attached hydrogens (tertiary/aromatic N) is 2. The molecular weight excluding hydrogens is 482 g/mol. The van der Waals surface area contributed by atoms with E-state index in [9.17, 15) is 27.2 Å². The number of carbonyl (C=O) groups excluding carboxylic acids is 2. The maximum atomic E-state index is 13.3. The monoisotopic (exact) mass is 501 g/mol. The number of amidine groups is 1. The topological polar surface area (TPSA) is 61.8 Å². The fourth-order valence-corrected chi connectivity index (χ4v) is 4.57. The van der Waals surface area contributed by atoms with Crippen molar-refractivity contribution in [1.29, 1.82) is 0 Å². The van der Waals surface area contributed by atoms with E-state index < -0.39 is 28.7 Å². The zero-order valence-corrected chi connectivity index (χ0v) is 18.9. The molecule has 1 fully saturated rings. The van der Waals surface area contributed by atoms with Gasteiger partial charge in [0.25, 0.3) is 0 Å². The van der Waals surface area contributed by atoms with Crippen LogP contribution < -0.4 is 5.32 Å². The van der Waals surface area contributed by atoms with Crippen molar-refractivity contribution in [3.8, 4) is 0 Å². The van der Waals surface area contributed by atoms with E-state index in [1.807, 2.05) is 6.07 Å². The Morgan fingerprint density at radius 2 is 1.71 bits per heavy atom. The van der Waals surface area contributed by atoms with Crippen LogP contribution >= 0.6 is 11.8 Å². The fraction of sp³-hybridized carbons (Fsp3) is 0.160. The maximum Gasteiger partial charge on any atom is 0.416 e. The maximum absolute atomic E-state index is 13.3. The van der Waals surface area contributed by atoms with Gasteiger partial charge in [0.1, 0.15) is 11.1 Å². The number of thioether (sulfide) groups is 1. The predicted molar refractivity (Wildman–Crippen MR) is 127 cm³/mol. The first-order valence-electron chi connectivity index (χ1n) is 10.5. The zero-order valence-electron chi connectivity index (χ0n) is 18.1. The van der Waals surface area contributed by atoms with Gasteiger partial charge in [0.05, 0.1) is 17.8 Å². The molecule has 180 valence electrons. The lowest BCUT2D eigenvalue weighted by Crippen LogP contribution is -2.33. The molecule has 1 aliphatic heterocycles. The number of rotatable bonds is 6. The Hall–Kier alpha value is -3.66. The van der Waals surface area contributed by atoms with Crippen molar-refractivity contribution in [2.45, 2.75) is 24.4 Å². The molecule has 3 aromatic rings. The van der Waals surface area contributed by atoms with Crippen LogP contribution in [0.25, 0.3) is 0 Å². The van der Waals surface area contributed by atoms with Gasteiger partial charge in [0.15, 0.2) is 5.17 Å². The second-order valence-electron chi connectivity index (χ2n) is 7.72. The second kappa shape index (κ2) is 10.3. The van der Waals surface area contributed by atoms with E-state index in [1.54, 1.807) is 36.4 Å². The van der Waals surface area contributed by atoms with Crippen LogP contribution in [-0.2, 0) is 22.3 Å². The van der Waals surface area contributed by atoms with Crippen molar-refractivity contribution >= 4 is 40.1 Å². The Labute approximate surface area is 202 Å². The second-order valence-corrected chi connectivity index (χ2v) is 8.89. The van der Waals surface area contributed by atoms with Gasteiger partial charge in [-0.2, -0.15) is 13.2 Å². The lowest BCUT2D eigenvalue weighted by atomic mass is 10.1. The van der Waals surface area contributed by atoms with E-state index >= 15 is 0 Å². The first-order valence-corrected chi connectivity index (χ1v) is 11.4. The minimum Gasteiger partial charge on any atom is -0.326 e. The SMILES string of the molecule is O=C(C[C@H]1SC(=Nc2ccccc2)N(Cc2ccc(F)cc2)C1=O)Nc1cccc(C(F)(F)F)c1. The molecule has 1 heterocycles. The number of amides is 2. The number of benzene rings is 3. The van der Waals surface area contributed by atoms with Gasteiger partial charge >= 0.3 is 6.18 Å². The minimum atomic E-state index is -4.54. The van der Waals surface area contributed by atoms with Crippen LogP contribution in [0.5, 0.6) is 0 Å². The molecule has 4 rings (SSSR count). The molecule has 0 saturated carbocycles. The highest BCUT2D eigenvalue weighted by Crippen LogP contribution is 2.34. The van der Waals surface area contributed by atoms with Gasteiger partial charge in [-0.1, -0.05) is 48.2 Å². The van der Waals surface area contributed by atoms with Gasteiger partial charge in [-0.05, 0) is 48.0 Å². The van der Waals surface area contributed by atoms with Crippen molar-refractivity contribution in [3.63, 3.8) is 0 Å². The highest BCUT2D eigenvalue weighted by atomic mass is 32.2. The average molecular weight is 502 g/mol. The summed E-state index contributed by atoms with van der Waals surface area (Å²) >= 11 is 1.10. The summed E-state index contributed by atoms with van der Waals surface area (Å²) in [6, 6.07) is 18.9. The third kappa shape index (κ3) is 6.27. The molecule has 1 N–H and O–H groups in total. The smallest absolute Gasteiger partial charge is 0.326 e. The molecule has 0 spiro atoms. The third-order valence-electron chi connectivity index (χ3n) is 5.10. The molecule has 3 aromatic carbocycles. The molecule has 0 radical (unpaired) electrons. The molecule has 1 aliphatic rings. The number of para-hydroxylation sites is 1. The van der Waals surface area contributed by atoms with Crippen LogP contribution in [0.1, 0.15) is 17.5 Å². The number of nitrogens with one attached hydrogen (secondary N) is 1. The first kappa shape index (κ1) is 24.5. The van der Waals surface area contributed by atoms with E-state index in [2.05, 4.69) is 10.3 Å². The molecule has 35 heavy (non-hydrogen) atoms. The lowest BCUT2D eigenvalue weighted by Gasteiger charge is -2.16. The summed E-state index contributed by atoms with van der Waals surface area (Å²) in [7, 11) is 0. The Bertz CT molecular complexity index is 1250. The number of halogens is 4. The predicted octanol–water partition coefficient (Wildman–Crippen LogP) is 6.01. The van der Waals surface area contributed by atoms with Crippen molar-refractivity contribution in [1.82, 2.24) is 4.90 Å². The summed E-state index contributed by atoms with van der Waals surface area (Å²) in [4.78, 5) is 31.7. The van der Waals surface area contributed by atoms with E-state index in [0.29, 0.717) is 16.4 Å². The molecule has 10 heteroatoms. The molecule has 2 amide bonds. The number of hydrogen-bond donors (Lipinski definition) is 1. The van der Waals surface area contributed by atoms with E-state index in [4.69, 9.17) is 0 Å². The molecule has 0 unspecified atom stereocenters. The highest BCUT2D eigenvalue weighted by Gasteiger charge is 2.39. The van der Waals surface area contributed by atoms with Crippen molar-refractivity contribution in [2.75, 3.05) is 5.32 Å². The van der Waals surface area contributed by atoms with Gasteiger partial charge in [-0.25, -0.2) is 9.38 Å². The van der Waals surface area contributed by atoms with Crippen LogP contribution in [-0.4, -0.2) is 27.1 Å². The number of hydrogen-bond acceptors (Lipinski definition) is 4. The molecular formula is C25H19F4N3O2S. The Morgan fingerprint density at radius 3 is 2.40 bits per heavy atom. The fourth-order valence-electron chi connectivity index (χ4n) is 3.41. The molecule has 1 saturated heterocycles. The van der Waals surface area contributed by atoms with Crippen LogP contribution in [0, 0.1) is 5.82 Å². The lowest BCUT2D eigenvalue weighted by molar-refractivity contribution is -0.137. The largest absolute Gasteiger partial charge is 0.416 e. The van der Waals surface area contributed by atoms with Crippen LogP contribution in [0.15, 0.2) is 83.9 Å².